The Bertz CT molecular complexity index is 851. The average molecular weight is 344 g/mol. The van der Waals surface area contributed by atoms with Crippen molar-refractivity contribution in [1.29, 1.82) is 5.26 Å². The van der Waals surface area contributed by atoms with Gasteiger partial charge in [-0.15, -0.1) is 0 Å². The molecule has 9 nitrogen and oxygen atoms in total. The molecule has 0 radical (unpaired) electrons. The number of carbonyl (C=O) groups is 3. The van der Waals surface area contributed by atoms with Gasteiger partial charge in [0.25, 0.3) is 0 Å². The van der Waals surface area contributed by atoms with Crippen LogP contribution in [-0.2, 0) is 29.4 Å². The number of ketones is 1. The van der Waals surface area contributed by atoms with Crippen LogP contribution >= 0.6 is 0 Å². The minimum Gasteiger partial charge on any atom is -0.466 e. The molecule has 3 rings (SSSR count). The topological polar surface area (TPSA) is 124 Å². The summed E-state index contributed by atoms with van der Waals surface area (Å²) in [5.41, 5.74) is -3.11. The van der Waals surface area contributed by atoms with Crippen molar-refractivity contribution in [2.75, 3.05) is 13.2 Å². The van der Waals surface area contributed by atoms with E-state index in [2.05, 4.69) is 10.1 Å². The monoisotopic (exact) mass is 344 g/mol. The van der Waals surface area contributed by atoms with Crippen LogP contribution in [0.1, 0.15) is 26.3 Å². The SMILES string of the molecule is CCOC(=O)[C@H]1[C@@]2(C(=O)OCC)n3ncc(C#N)c3N=C[C@@]12C(C)=O. The Morgan fingerprint density at radius 2 is 2.00 bits per heavy atom. The summed E-state index contributed by atoms with van der Waals surface area (Å²) < 4.78 is 11.4. The Kier molecular flexibility index (Phi) is 3.71. The lowest BCUT2D eigenvalue weighted by molar-refractivity contribution is -0.155. The molecule has 2 heterocycles. The van der Waals surface area contributed by atoms with E-state index >= 15 is 0 Å². The maximum absolute atomic E-state index is 12.9. The molecule has 9 heteroatoms. The molecule has 0 saturated heterocycles. The summed E-state index contributed by atoms with van der Waals surface area (Å²) >= 11 is 0. The van der Waals surface area contributed by atoms with Crippen LogP contribution in [0.4, 0.5) is 5.82 Å². The van der Waals surface area contributed by atoms with Crippen LogP contribution in [0, 0.1) is 22.7 Å². The van der Waals surface area contributed by atoms with Gasteiger partial charge in [-0.2, -0.15) is 10.4 Å². The molecule has 0 unspecified atom stereocenters. The van der Waals surface area contributed by atoms with Gasteiger partial charge in [-0.1, -0.05) is 0 Å². The van der Waals surface area contributed by atoms with Gasteiger partial charge < -0.3 is 9.47 Å². The zero-order valence-electron chi connectivity index (χ0n) is 14.0. The van der Waals surface area contributed by atoms with Crippen molar-refractivity contribution in [3.63, 3.8) is 0 Å². The third kappa shape index (κ3) is 1.79. The number of aliphatic imine (C=N–C) groups is 1. The molecular weight excluding hydrogens is 328 g/mol. The third-order valence-electron chi connectivity index (χ3n) is 4.70. The van der Waals surface area contributed by atoms with Gasteiger partial charge in [-0.05, 0) is 20.8 Å². The number of nitriles is 1. The highest BCUT2D eigenvalue weighted by molar-refractivity contribution is 6.18. The fourth-order valence-electron chi connectivity index (χ4n) is 3.68. The second kappa shape index (κ2) is 5.51. The van der Waals surface area contributed by atoms with Crippen LogP contribution in [0.3, 0.4) is 0 Å². The van der Waals surface area contributed by atoms with Crippen molar-refractivity contribution in [2.24, 2.45) is 16.3 Å². The summed E-state index contributed by atoms with van der Waals surface area (Å²) in [5, 5.41) is 13.3. The second-order valence-corrected chi connectivity index (χ2v) is 5.76. The molecule has 0 spiro atoms. The smallest absolute Gasteiger partial charge is 0.336 e. The largest absolute Gasteiger partial charge is 0.466 e. The lowest BCUT2D eigenvalue weighted by Crippen LogP contribution is -2.42. The van der Waals surface area contributed by atoms with Gasteiger partial charge in [0.15, 0.2) is 11.4 Å². The van der Waals surface area contributed by atoms with Gasteiger partial charge >= 0.3 is 11.9 Å². The summed E-state index contributed by atoms with van der Waals surface area (Å²) in [6.07, 6.45) is 2.50. The Labute approximate surface area is 143 Å². The second-order valence-electron chi connectivity index (χ2n) is 5.76. The highest BCUT2D eigenvalue weighted by Gasteiger charge is 2.90. The Balaban J connectivity index is 2.27. The summed E-state index contributed by atoms with van der Waals surface area (Å²) in [6.45, 7) is 4.67. The average Bonchev–Trinajstić information content (AvgIpc) is 3.04. The minimum absolute atomic E-state index is 0.0585. The van der Waals surface area contributed by atoms with E-state index in [1.807, 2.05) is 6.07 Å². The van der Waals surface area contributed by atoms with Gasteiger partial charge in [0, 0.05) is 6.21 Å². The van der Waals surface area contributed by atoms with Crippen LogP contribution in [0.5, 0.6) is 0 Å². The van der Waals surface area contributed by atoms with E-state index in [1.165, 1.54) is 19.3 Å². The number of hydrogen-bond acceptors (Lipinski definition) is 8. The minimum atomic E-state index is -1.72. The number of Topliss-reactive ketones (excluding diaryl/α,β-unsaturated/α-hetero) is 1. The number of esters is 2. The van der Waals surface area contributed by atoms with Gasteiger partial charge in [-0.3, -0.25) is 9.59 Å². The first kappa shape index (κ1) is 16.8. The molecule has 0 amide bonds. The van der Waals surface area contributed by atoms with Crippen LogP contribution < -0.4 is 0 Å². The summed E-state index contributed by atoms with van der Waals surface area (Å²) in [4.78, 5) is 42.0. The first-order valence-corrected chi connectivity index (χ1v) is 7.82. The standard InChI is InChI=1S/C16H16N4O5/c1-4-24-13(22)11-15(9(3)21)8-18-12-10(6-17)7-19-20(12)16(11,15)14(23)25-5-2/h7-8,11H,4-5H2,1-3H3/t11-,15-,16+/m1/s1. The number of hydrogen-bond donors (Lipinski definition) is 0. The quantitative estimate of drug-likeness (QED) is 0.712. The number of nitrogens with zero attached hydrogens (tertiary/aromatic N) is 4. The molecule has 0 aromatic carbocycles. The zero-order valence-corrected chi connectivity index (χ0v) is 14.0. The highest BCUT2D eigenvalue weighted by Crippen LogP contribution is 2.70. The van der Waals surface area contributed by atoms with Crippen LogP contribution in [0.25, 0.3) is 0 Å². The molecule has 1 aliphatic heterocycles. The first-order valence-electron chi connectivity index (χ1n) is 7.82. The molecule has 3 atom stereocenters. The molecule has 0 N–H and O–H groups in total. The first-order chi connectivity index (χ1) is 11.9. The molecule has 1 saturated carbocycles. The van der Waals surface area contributed by atoms with Crippen molar-refractivity contribution in [2.45, 2.75) is 26.3 Å². The zero-order chi connectivity index (χ0) is 18.4. The summed E-state index contributed by atoms with van der Waals surface area (Å²) in [5.74, 6) is -2.95. The van der Waals surface area contributed by atoms with Gasteiger partial charge in [-0.25, -0.2) is 14.5 Å². The van der Waals surface area contributed by atoms with E-state index in [9.17, 15) is 19.6 Å². The molecule has 1 aliphatic carbocycles. The Morgan fingerprint density at radius 3 is 2.56 bits per heavy atom. The molecule has 1 aromatic rings. The summed E-state index contributed by atoms with van der Waals surface area (Å²) in [7, 11) is 0. The molecular formula is C16H16N4O5. The predicted octanol–water partition coefficient (Wildman–Crippen LogP) is 0.497. The Morgan fingerprint density at radius 1 is 1.32 bits per heavy atom. The fraction of sp³-hybridized carbons (Fsp3) is 0.500. The number of rotatable bonds is 5. The van der Waals surface area contributed by atoms with Crippen molar-refractivity contribution < 1.29 is 23.9 Å². The molecule has 130 valence electrons. The molecule has 1 aromatic heterocycles. The number of ether oxygens (including phenoxy) is 2. The van der Waals surface area contributed by atoms with Crippen LogP contribution in [0.2, 0.25) is 0 Å². The number of fused-ring (bicyclic) bond motifs is 3. The molecule has 25 heavy (non-hydrogen) atoms. The van der Waals surface area contributed by atoms with E-state index in [1.54, 1.807) is 13.8 Å². The number of aromatic nitrogens is 2. The fourth-order valence-corrected chi connectivity index (χ4v) is 3.68. The summed E-state index contributed by atoms with van der Waals surface area (Å²) in [6, 6.07) is 1.92. The van der Waals surface area contributed by atoms with Crippen molar-refractivity contribution in [3.8, 4) is 6.07 Å². The van der Waals surface area contributed by atoms with Crippen LogP contribution in [0.15, 0.2) is 11.2 Å². The molecule has 0 bridgehead atoms. The third-order valence-corrected chi connectivity index (χ3v) is 4.70. The van der Waals surface area contributed by atoms with E-state index in [0.29, 0.717) is 0 Å². The van der Waals surface area contributed by atoms with Gasteiger partial charge in [0.1, 0.15) is 28.7 Å². The molecule has 2 aliphatic rings. The van der Waals surface area contributed by atoms with E-state index < -0.39 is 34.6 Å². The lowest BCUT2D eigenvalue weighted by atomic mass is 9.94. The normalized spacial score (nSPS) is 28.3. The van der Waals surface area contributed by atoms with Crippen LogP contribution in [-0.4, -0.2) is 46.9 Å². The predicted molar refractivity (Wildman–Crippen MR) is 82.9 cm³/mol. The van der Waals surface area contributed by atoms with E-state index in [4.69, 9.17) is 9.47 Å². The Hall–Kier alpha value is -3.02. The highest BCUT2D eigenvalue weighted by atomic mass is 16.5. The number of carbonyl (C=O) groups excluding carboxylic acids is 3. The van der Waals surface area contributed by atoms with Crippen molar-refractivity contribution in [3.05, 3.63) is 11.8 Å². The lowest BCUT2D eigenvalue weighted by Gasteiger charge is -2.24. The van der Waals surface area contributed by atoms with E-state index in [0.717, 1.165) is 4.68 Å². The molecule has 1 fully saturated rings. The van der Waals surface area contributed by atoms with Gasteiger partial charge in [0.05, 0.1) is 19.4 Å². The maximum Gasteiger partial charge on any atom is 0.336 e. The van der Waals surface area contributed by atoms with Crippen molar-refractivity contribution >= 4 is 29.8 Å². The van der Waals surface area contributed by atoms with E-state index in [-0.39, 0.29) is 24.6 Å². The maximum atomic E-state index is 12.9. The van der Waals surface area contributed by atoms with Crippen molar-refractivity contribution in [1.82, 2.24) is 9.78 Å². The van der Waals surface area contributed by atoms with Gasteiger partial charge in [0.2, 0.25) is 0 Å².